The van der Waals surface area contributed by atoms with Crippen molar-refractivity contribution in [2.45, 2.75) is 44.9 Å². The Morgan fingerprint density at radius 1 is 0.529 bits per heavy atom. The van der Waals surface area contributed by atoms with Crippen LogP contribution in [0.2, 0.25) is 0 Å². The molecule has 0 aliphatic heterocycles. The Hall–Kier alpha value is -2.24. The lowest BCUT2D eigenvalue weighted by atomic mass is 9.89. The van der Waals surface area contributed by atoms with Crippen LogP contribution in [0.25, 0.3) is 0 Å². The van der Waals surface area contributed by atoms with Crippen LogP contribution in [-0.2, 0) is 0 Å². The maximum absolute atomic E-state index is 14.7. The topological polar surface area (TPSA) is 259 Å². The molecule has 194 valence electrons. The molecule has 0 aliphatic rings. The normalized spacial score (nSPS) is 13.2. The number of rotatable bonds is 14. The molecule has 0 rings (SSSR count). The highest BCUT2D eigenvalue weighted by atomic mass is 35.6. The number of hydrogen-bond donors (Lipinski definition) is 0. The number of hydrogen-bond acceptors (Lipinski definition) is 14. The van der Waals surface area contributed by atoms with Crippen molar-refractivity contribution in [3.8, 4) is 0 Å². The minimum atomic E-state index is -5.09. The third-order valence-corrected chi connectivity index (χ3v) is 8.27. The highest BCUT2D eigenvalue weighted by Crippen LogP contribution is 2.58. The van der Waals surface area contributed by atoms with Gasteiger partial charge >= 0.3 is 17.7 Å². The van der Waals surface area contributed by atoms with Gasteiger partial charge in [-0.1, -0.05) is 58.8 Å². The summed E-state index contributed by atoms with van der Waals surface area (Å²) in [4.78, 5) is 51.7. The average molecular weight is 606 g/mol. The molecule has 0 bridgehead atoms. The Bertz CT molecular complexity index is 771. The van der Waals surface area contributed by atoms with E-state index in [9.17, 15) is 73.9 Å². The van der Waals surface area contributed by atoms with E-state index >= 15 is 0 Å². The predicted molar refractivity (Wildman–Crippen MR) is 106 cm³/mol. The van der Waals surface area contributed by atoms with Crippen molar-refractivity contribution in [3.63, 3.8) is 0 Å². The molecule has 0 saturated heterocycles. The number of nitro groups is 6. The highest BCUT2D eigenvalue weighted by molar-refractivity contribution is 8.78. The van der Waals surface area contributed by atoms with Crippen LogP contribution < -0.4 is 0 Å². The Balaban J connectivity index is 7.34. The predicted octanol–water partition coefficient (Wildman–Crippen LogP) is 3.13. The van der Waals surface area contributed by atoms with Gasteiger partial charge in [-0.2, -0.15) is 0 Å². The molecule has 0 fully saturated rings. The molecule has 0 N–H and O–H groups in total. The van der Waals surface area contributed by atoms with Gasteiger partial charge in [-0.25, -0.2) is 0 Å². The van der Waals surface area contributed by atoms with Crippen molar-refractivity contribution in [2.24, 2.45) is 0 Å². The summed E-state index contributed by atoms with van der Waals surface area (Å²) >= 11 is 16.0. The van der Waals surface area contributed by atoms with Gasteiger partial charge < -0.3 is 0 Å². The van der Waals surface area contributed by atoms with Crippen LogP contribution in [0.5, 0.6) is 0 Å². The van der Waals surface area contributed by atoms with Crippen LogP contribution in [0.15, 0.2) is 0 Å². The molecule has 0 spiro atoms. The van der Waals surface area contributed by atoms with Gasteiger partial charge in [-0.05, 0) is 10.8 Å². The van der Waals surface area contributed by atoms with Crippen molar-refractivity contribution in [3.05, 3.63) is 60.7 Å². The first-order valence-corrected chi connectivity index (χ1v) is 10.6. The summed E-state index contributed by atoms with van der Waals surface area (Å²) in [6.45, 7) is 0. The fourth-order valence-electron chi connectivity index (χ4n) is 2.23. The first-order valence-electron chi connectivity index (χ1n) is 7.36. The second-order valence-corrected chi connectivity index (χ2v) is 11.8. The van der Waals surface area contributed by atoms with Crippen LogP contribution in [0.3, 0.4) is 0 Å². The maximum Gasteiger partial charge on any atom is 0.615 e. The molecule has 0 aliphatic carbocycles. The summed E-state index contributed by atoms with van der Waals surface area (Å²) in [7, 11) is -1.05. The van der Waals surface area contributed by atoms with E-state index in [0.717, 1.165) is 0 Å². The lowest BCUT2D eigenvalue weighted by Gasteiger charge is -2.32. The second kappa shape index (κ2) is 10.6. The summed E-state index contributed by atoms with van der Waals surface area (Å²) in [6, 6.07) is 0. The summed E-state index contributed by atoms with van der Waals surface area (Å²) < 4.78 is 37.5. The first-order chi connectivity index (χ1) is 15.0. The number of nitrogens with zero attached hydrogens (tertiary/aromatic N) is 6. The zero-order valence-electron chi connectivity index (χ0n) is 15.3. The molecule has 26 heteroatoms. The summed E-state index contributed by atoms with van der Waals surface area (Å²) in [5.74, 6) is -15.3. The Kier molecular flexibility index (Phi) is 9.88. The van der Waals surface area contributed by atoms with E-state index in [0.29, 0.717) is 0 Å². The van der Waals surface area contributed by atoms with E-state index < -0.39 is 85.2 Å². The van der Waals surface area contributed by atoms with Gasteiger partial charge in [-0.3, -0.25) is 60.7 Å². The average Bonchev–Trinajstić information content (AvgIpc) is 2.64. The molecular weight excluding hydrogens is 600 g/mol. The van der Waals surface area contributed by atoms with E-state index in [1.807, 2.05) is 0 Å². The molecule has 18 nitrogen and oxygen atoms in total. The van der Waals surface area contributed by atoms with Crippen LogP contribution >= 0.6 is 56.4 Å². The summed E-state index contributed by atoms with van der Waals surface area (Å²) in [6.07, 6.45) is -7.92. The minimum Gasteiger partial charge on any atom is -0.256 e. The van der Waals surface area contributed by atoms with Gasteiger partial charge in [0.2, 0.25) is 3.12 Å². The Labute approximate surface area is 204 Å². The van der Waals surface area contributed by atoms with Gasteiger partial charge in [0.05, 0.1) is 4.75 Å². The minimum absolute atomic E-state index is 0.390. The summed E-state index contributed by atoms with van der Waals surface area (Å²) in [5.41, 5.74) is 0. The van der Waals surface area contributed by atoms with Gasteiger partial charge in [0.25, 0.3) is 0 Å². The quantitative estimate of drug-likeness (QED) is 0.0688. The van der Waals surface area contributed by atoms with Crippen LogP contribution in [0.4, 0.5) is 13.2 Å². The van der Waals surface area contributed by atoms with Crippen molar-refractivity contribution in [1.29, 1.82) is 0 Å². The molecule has 0 aromatic carbocycles. The van der Waals surface area contributed by atoms with Crippen LogP contribution in [0, 0.1) is 60.7 Å². The highest BCUT2D eigenvalue weighted by Gasteiger charge is 2.75. The van der Waals surface area contributed by atoms with Crippen molar-refractivity contribution in [2.75, 3.05) is 0 Å². The largest absolute Gasteiger partial charge is 0.615 e. The monoisotopic (exact) mass is 604 g/mol. The molecule has 0 heterocycles. The first kappa shape index (κ1) is 31.8. The summed E-state index contributed by atoms with van der Waals surface area (Å²) in [5, 5.41) is 65.9. The molecule has 0 saturated carbocycles. The van der Waals surface area contributed by atoms with Crippen LogP contribution in [-0.4, -0.2) is 55.2 Å². The maximum atomic E-state index is 14.7. The SMILES string of the molecule is O=[N+]([O-])C(F)(CC(CC(F)([N+](=O)[O-])[N+](=O)[O-])(CC(F)([N+](=O)[O-])[N+](=O)[O-])SSC(Cl)(Cl)Cl)[N+](=O)[O-]. The molecule has 0 radical (unpaired) electrons. The van der Waals surface area contributed by atoms with Gasteiger partial charge in [-0.15, -0.1) is 0 Å². The lowest BCUT2D eigenvalue weighted by Crippen LogP contribution is -2.57. The van der Waals surface area contributed by atoms with Crippen molar-refractivity contribution >= 4 is 56.4 Å². The lowest BCUT2D eigenvalue weighted by molar-refractivity contribution is -0.845. The second-order valence-electron chi connectivity index (χ2n) is 6.03. The van der Waals surface area contributed by atoms with E-state index in [2.05, 4.69) is 0 Å². The van der Waals surface area contributed by atoms with Gasteiger partial charge in [0.1, 0.15) is 48.8 Å². The van der Waals surface area contributed by atoms with Gasteiger partial charge in [0.15, 0.2) is 0 Å². The van der Waals surface area contributed by atoms with E-state index in [1.54, 1.807) is 0 Å². The fourth-order valence-corrected chi connectivity index (χ4v) is 5.42. The third-order valence-electron chi connectivity index (χ3n) is 3.63. The van der Waals surface area contributed by atoms with E-state index in [1.165, 1.54) is 0 Å². The van der Waals surface area contributed by atoms with Crippen LogP contribution in [0.1, 0.15) is 19.3 Å². The fraction of sp³-hybridized carbons (Fsp3) is 1.00. The Morgan fingerprint density at radius 3 is 0.882 bits per heavy atom. The number of halogens is 6. The molecular formula is C8H6Cl3F3N6O12S2. The smallest absolute Gasteiger partial charge is 0.256 e. The standard InChI is InChI=1S/C8H6Cl3F3N6O12S2/c9-8(10,11)34-33-4(1-5(12,15(21)22)16(23)24,2-6(13,17(25)26)18(27)28)3-7(14,19(29)30)20(31)32/h1-3H2. The van der Waals surface area contributed by atoms with E-state index in [4.69, 9.17) is 34.8 Å². The van der Waals surface area contributed by atoms with Crippen molar-refractivity contribution < 1.29 is 42.7 Å². The third kappa shape index (κ3) is 7.13. The molecule has 0 amide bonds. The van der Waals surface area contributed by atoms with Gasteiger partial charge in [0, 0.05) is 0 Å². The molecule has 0 aromatic heterocycles. The van der Waals surface area contributed by atoms with Crippen molar-refractivity contribution in [1.82, 2.24) is 0 Å². The molecule has 0 aromatic rings. The Morgan fingerprint density at radius 2 is 0.735 bits per heavy atom. The van der Waals surface area contributed by atoms with E-state index in [-0.39, 0.29) is 10.8 Å². The number of alkyl halides is 6. The zero-order valence-corrected chi connectivity index (χ0v) is 19.2. The molecule has 0 unspecified atom stereocenters. The molecule has 34 heavy (non-hydrogen) atoms. The molecule has 0 atom stereocenters. The zero-order chi connectivity index (χ0) is 27.5.